The number of rotatable bonds is 2. The van der Waals surface area contributed by atoms with Crippen molar-refractivity contribution >= 4 is 22.6 Å². The highest BCUT2D eigenvalue weighted by Crippen LogP contribution is 2.05. The number of halogens is 1. The van der Waals surface area contributed by atoms with E-state index in [4.69, 9.17) is 5.73 Å². The molecule has 0 bridgehead atoms. The molecule has 11 heavy (non-hydrogen) atoms. The molecular weight excluding hydrogens is 253 g/mol. The molecule has 1 rings (SSSR count). The van der Waals surface area contributed by atoms with E-state index in [-0.39, 0.29) is 5.54 Å². The predicted octanol–water partition coefficient (Wildman–Crippen LogP) is 1.22. The van der Waals surface area contributed by atoms with Gasteiger partial charge in [-0.15, -0.1) is 0 Å². The lowest BCUT2D eigenvalue weighted by atomic mass is 10.1. The molecule has 0 aliphatic rings. The average molecular weight is 265 g/mol. The minimum Gasteiger partial charge on any atom is -0.335 e. The van der Waals surface area contributed by atoms with Crippen LogP contribution in [0, 0.1) is 3.70 Å². The zero-order chi connectivity index (χ0) is 8.48. The van der Waals surface area contributed by atoms with E-state index < -0.39 is 0 Å². The summed E-state index contributed by atoms with van der Waals surface area (Å²) >= 11 is 2.18. The molecule has 0 aromatic carbocycles. The van der Waals surface area contributed by atoms with Gasteiger partial charge in [0.1, 0.15) is 3.70 Å². The lowest BCUT2D eigenvalue weighted by molar-refractivity contribution is 0.433. The molecule has 4 heteroatoms. The molecular formula is C7H12IN3. The van der Waals surface area contributed by atoms with Crippen LogP contribution in [-0.2, 0) is 6.54 Å². The monoisotopic (exact) mass is 265 g/mol. The zero-order valence-corrected chi connectivity index (χ0v) is 8.87. The lowest BCUT2D eigenvalue weighted by Gasteiger charge is -2.18. The van der Waals surface area contributed by atoms with Gasteiger partial charge in [0, 0.05) is 18.3 Å². The molecule has 0 spiro atoms. The second-order valence-corrected chi connectivity index (χ2v) is 4.46. The van der Waals surface area contributed by atoms with Crippen molar-refractivity contribution in [2.75, 3.05) is 0 Å². The highest BCUT2D eigenvalue weighted by atomic mass is 127. The Balaban J connectivity index is 2.65. The molecule has 0 aliphatic heterocycles. The standard InChI is InChI=1S/C7H12IN3/c1-7(2,9)4-11-3-6(8)10-5-11/h3,5H,4,9H2,1-2H3. The van der Waals surface area contributed by atoms with Gasteiger partial charge in [-0.3, -0.25) is 0 Å². The Bertz CT molecular complexity index is 236. The Kier molecular flexibility index (Phi) is 2.54. The highest BCUT2D eigenvalue weighted by Gasteiger charge is 2.10. The van der Waals surface area contributed by atoms with E-state index >= 15 is 0 Å². The van der Waals surface area contributed by atoms with Gasteiger partial charge in [-0.25, -0.2) is 4.98 Å². The summed E-state index contributed by atoms with van der Waals surface area (Å²) in [6.07, 6.45) is 3.78. The number of nitrogens with two attached hydrogens (primary N) is 1. The molecule has 0 saturated carbocycles. The van der Waals surface area contributed by atoms with Crippen molar-refractivity contribution in [1.82, 2.24) is 9.55 Å². The molecule has 1 aromatic rings. The first-order chi connectivity index (χ1) is 4.97. The van der Waals surface area contributed by atoms with Crippen LogP contribution in [-0.4, -0.2) is 15.1 Å². The third-order valence-corrected chi connectivity index (χ3v) is 1.75. The van der Waals surface area contributed by atoms with Gasteiger partial charge in [0.05, 0.1) is 6.33 Å². The van der Waals surface area contributed by atoms with Crippen molar-refractivity contribution in [2.45, 2.75) is 25.9 Å². The first-order valence-electron chi connectivity index (χ1n) is 3.43. The van der Waals surface area contributed by atoms with Crippen LogP contribution in [0.4, 0.5) is 0 Å². The van der Waals surface area contributed by atoms with E-state index in [1.54, 1.807) is 6.33 Å². The van der Waals surface area contributed by atoms with E-state index in [2.05, 4.69) is 27.6 Å². The minimum absolute atomic E-state index is 0.163. The molecule has 1 heterocycles. The smallest absolute Gasteiger partial charge is 0.119 e. The van der Waals surface area contributed by atoms with Crippen LogP contribution in [0.1, 0.15) is 13.8 Å². The molecule has 3 nitrogen and oxygen atoms in total. The Labute approximate surface area is 80.1 Å². The topological polar surface area (TPSA) is 43.8 Å². The SMILES string of the molecule is CC(C)(N)Cn1cnc(I)c1. The van der Waals surface area contributed by atoms with E-state index in [0.717, 1.165) is 10.2 Å². The summed E-state index contributed by atoms with van der Waals surface area (Å²) in [4.78, 5) is 4.09. The summed E-state index contributed by atoms with van der Waals surface area (Å²) in [6.45, 7) is 4.81. The molecule has 2 N–H and O–H groups in total. The van der Waals surface area contributed by atoms with Crippen LogP contribution in [0.25, 0.3) is 0 Å². The molecule has 0 unspecified atom stereocenters. The third kappa shape index (κ3) is 3.20. The second-order valence-electron chi connectivity index (χ2n) is 3.36. The third-order valence-electron chi connectivity index (χ3n) is 1.19. The van der Waals surface area contributed by atoms with E-state index in [9.17, 15) is 0 Å². The minimum atomic E-state index is -0.163. The maximum Gasteiger partial charge on any atom is 0.119 e. The van der Waals surface area contributed by atoms with Crippen LogP contribution in [0.3, 0.4) is 0 Å². The van der Waals surface area contributed by atoms with Gasteiger partial charge in [0.2, 0.25) is 0 Å². The molecule has 0 aliphatic carbocycles. The number of hydrogen-bond acceptors (Lipinski definition) is 2. The Hall–Kier alpha value is -0.100. The second kappa shape index (κ2) is 3.10. The summed E-state index contributed by atoms with van der Waals surface area (Å²) in [5, 5.41) is 0. The molecule has 0 amide bonds. The van der Waals surface area contributed by atoms with Crippen LogP contribution >= 0.6 is 22.6 Å². The largest absolute Gasteiger partial charge is 0.335 e. The van der Waals surface area contributed by atoms with E-state index in [1.165, 1.54) is 0 Å². The lowest BCUT2D eigenvalue weighted by Crippen LogP contribution is -2.36. The Morgan fingerprint density at radius 2 is 2.36 bits per heavy atom. The molecule has 1 aromatic heterocycles. The molecule has 0 saturated heterocycles. The summed E-state index contributed by atoms with van der Waals surface area (Å²) in [5.74, 6) is 0. The maximum atomic E-state index is 5.83. The number of imidazole rings is 1. The first-order valence-corrected chi connectivity index (χ1v) is 4.51. The molecule has 0 atom stereocenters. The van der Waals surface area contributed by atoms with E-state index in [1.807, 2.05) is 24.6 Å². The van der Waals surface area contributed by atoms with Crippen molar-refractivity contribution in [3.05, 3.63) is 16.2 Å². The van der Waals surface area contributed by atoms with Crippen molar-refractivity contribution in [2.24, 2.45) is 5.73 Å². The molecule has 62 valence electrons. The number of nitrogens with zero attached hydrogens (tertiary/aromatic N) is 2. The summed E-state index contributed by atoms with van der Waals surface area (Å²) < 4.78 is 3.01. The molecule has 0 fully saturated rings. The summed E-state index contributed by atoms with van der Waals surface area (Å²) in [6, 6.07) is 0. The predicted molar refractivity (Wildman–Crippen MR) is 53.2 cm³/mol. The van der Waals surface area contributed by atoms with Gasteiger partial charge < -0.3 is 10.3 Å². The first kappa shape index (κ1) is 8.99. The normalized spacial score (nSPS) is 12.0. The zero-order valence-electron chi connectivity index (χ0n) is 6.71. The fraction of sp³-hybridized carbons (Fsp3) is 0.571. The van der Waals surface area contributed by atoms with Crippen molar-refractivity contribution in [1.29, 1.82) is 0 Å². The summed E-state index contributed by atoms with van der Waals surface area (Å²) in [7, 11) is 0. The van der Waals surface area contributed by atoms with Gasteiger partial charge in [-0.2, -0.15) is 0 Å². The van der Waals surface area contributed by atoms with Gasteiger partial charge in [-0.1, -0.05) is 0 Å². The van der Waals surface area contributed by atoms with Gasteiger partial charge in [0.25, 0.3) is 0 Å². The fourth-order valence-electron chi connectivity index (χ4n) is 0.890. The van der Waals surface area contributed by atoms with Gasteiger partial charge in [0.15, 0.2) is 0 Å². The molecule has 0 radical (unpaired) electrons. The van der Waals surface area contributed by atoms with Gasteiger partial charge >= 0.3 is 0 Å². The van der Waals surface area contributed by atoms with Crippen molar-refractivity contribution < 1.29 is 0 Å². The highest BCUT2D eigenvalue weighted by molar-refractivity contribution is 14.1. The number of aromatic nitrogens is 2. The quantitative estimate of drug-likeness (QED) is 0.817. The Morgan fingerprint density at radius 3 is 2.73 bits per heavy atom. The summed E-state index contributed by atoms with van der Waals surface area (Å²) in [5.41, 5.74) is 5.66. The fourth-order valence-corrected chi connectivity index (χ4v) is 1.37. The van der Waals surface area contributed by atoms with Gasteiger partial charge in [-0.05, 0) is 36.4 Å². The average Bonchev–Trinajstić information content (AvgIpc) is 2.10. The van der Waals surface area contributed by atoms with Crippen LogP contribution in [0.5, 0.6) is 0 Å². The van der Waals surface area contributed by atoms with Crippen LogP contribution < -0.4 is 5.73 Å². The van der Waals surface area contributed by atoms with Crippen molar-refractivity contribution in [3.8, 4) is 0 Å². The van der Waals surface area contributed by atoms with Crippen LogP contribution in [0.15, 0.2) is 12.5 Å². The van der Waals surface area contributed by atoms with E-state index in [0.29, 0.717) is 0 Å². The van der Waals surface area contributed by atoms with Crippen molar-refractivity contribution in [3.63, 3.8) is 0 Å². The van der Waals surface area contributed by atoms with Crippen LogP contribution in [0.2, 0.25) is 0 Å². The Morgan fingerprint density at radius 1 is 1.73 bits per heavy atom. The maximum absolute atomic E-state index is 5.83. The number of hydrogen-bond donors (Lipinski definition) is 1.